The average molecular weight is 346 g/mol. The minimum atomic E-state index is 0.424. The number of anilines is 1. The summed E-state index contributed by atoms with van der Waals surface area (Å²) in [4.78, 5) is 4.03. The number of nitrogens with zero attached hydrogens (tertiary/aromatic N) is 2. The van der Waals surface area contributed by atoms with Crippen LogP contribution < -0.4 is 10.7 Å². The third kappa shape index (κ3) is 4.71. The van der Waals surface area contributed by atoms with E-state index in [-0.39, 0.29) is 0 Å². The highest BCUT2D eigenvalue weighted by Gasteiger charge is 2.01. The van der Waals surface area contributed by atoms with Gasteiger partial charge in [0.2, 0.25) is 0 Å². The summed E-state index contributed by atoms with van der Waals surface area (Å²) in [5.74, 6) is 0. The topological polar surface area (TPSA) is 49.3 Å². The fourth-order valence-electron chi connectivity index (χ4n) is 2.33. The quantitative estimate of drug-likeness (QED) is 0.416. The Labute approximate surface area is 152 Å². The zero-order valence-corrected chi connectivity index (χ0v) is 14.6. The van der Waals surface area contributed by atoms with Crippen LogP contribution in [0.25, 0.3) is 11.1 Å². The van der Waals surface area contributed by atoms with Gasteiger partial charge in [-0.25, -0.2) is 0 Å². The van der Waals surface area contributed by atoms with Gasteiger partial charge in [0, 0.05) is 6.20 Å². The summed E-state index contributed by atoms with van der Waals surface area (Å²) < 4.78 is 0. The molecule has 1 heterocycles. The van der Waals surface area contributed by atoms with Crippen LogP contribution in [0.3, 0.4) is 0 Å². The van der Waals surface area contributed by atoms with Crippen molar-refractivity contribution in [2.45, 2.75) is 6.92 Å². The van der Waals surface area contributed by atoms with Gasteiger partial charge in [-0.05, 0) is 48.0 Å². The van der Waals surface area contributed by atoms with Crippen LogP contribution in [0.1, 0.15) is 12.5 Å². The molecular weight excluding hydrogens is 328 g/mol. The summed E-state index contributed by atoms with van der Waals surface area (Å²) in [7, 11) is 0. The number of benzene rings is 2. The number of aromatic nitrogens is 1. The average Bonchev–Trinajstić information content (AvgIpc) is 2.68. The Bertz CT molecular complexity index is 859. The van der Waals surface area contributed by atoms with Gasteiger partial charge in [0.25, 0.3) is 0 Å². The number of nitrogens with one attached hydrogen (secondary N) is 2. The van der Waals surface area contributed by atoms with Crippen LogP contribution in [0.4, 0.5) is 5.69 Å². The van der Waals surface area contributed by atoms with Crippen molar-refractivity contribution in [3.63, 3.8) is 0 Å². The maximum Gasteiger partial charge on any atom is 0.191 e. The number of rotatable bonds is 4. The van der Waals surface area contributed by atoms with Crippen LogP contribution in [0.15, 0.2) is 84.2 Å². The first-order valence-electron chi connectivity index (χ1n) is 7.89. The predicted molar refractivity (Wildman–Crippen MR) is 108 cm³/mol. The third-order valence-corrected chi connectivity index (χ3v) is 3.85. The van der Waals surface area contributed by atoms with Crippen molar-refractivity contribution in [2.24, 2.45) is 5.10 Å². The van der Waals surface area contributed by atoms with Crippen molar-refractivity contribution in [1.29, 1.82) is 0 Å². The first-order chi connectivity index (χ1) is 12.2. The summed E-state index contributed by atoms with van der Waals surface area (Å²) in [5.41, 5.74) is 7.95. The Balaban J connectivity index is 1.63. The summed E-state index contributed by atoms with van der Waals surface area (Å²) in [6.45, 7) is 1.94. The van der Waals surface area contributed by atoms with E-state index >= 15 is 0 Å². The highest BCUT2D eigenvalue weighted by atomic mass is 32.1. The zero-order chi connectivity index (χ0) is 17.5. The van der Waals surface area contributed by atoms with Gasteiger partial charge in [0.05, 0.1) is 17.6 Å². The zero-order valence-electron chi connectivity index (χ0n) is 13.8. The SMILES string of the molecule is C/C(=N\NC(=S)Nc1cccnc1)c1ccc(-c2ccccc2)cc1. The minimum Gasteiger partial charge on any atom is -0.330 e. The smallest absolute Gasteiger partial charge is 0.191 e. The monoisotopic (exact) mass is 346 g/mol. The molecular formula is C20H18N4S. The molecule has 0 spiro atoms. The van der Waals surface area contributed by atoms with Crippen LogP contribution in [0, 0.1) is 0 Å². The van der Waals surface area contributed by atoms with E-state index in [9.17, 15) is 0 Å². The van der Waals surface area contributed by atoms with Gasteiger partial charge in [-0.15, -0.1) is 0 Å². The fourth-order valence-corrected chi connectivity index (χ4v) is 2.49. The molecule has 2 aromatic carbocycles. The van der Waals surface area contributed by atoms with Crippen molar-refractivity contribution in [2.75, 3.05) is 5.32 Å². The van der Waals surface area contributed by atoms with E-state index in [0.717, 1.165) is 17.0 Å². The molecule has 3 rings (SSSR count). The molecule has 0 saturated carbocycles. The third-order valence-electron chi connectivity index (χ3n) is 3.65. The van der Waals surface area contributed by atoms with Gasteiger partial charge in [0.15, 0.2) is 5.11 Å². The summed E-state index contributed by atoms with van der Waals surface area (Å²) >= 11 is 5.23. The second-order valence-corrected chi connectivity index (χ2v) is 5.86. The molecule has 0 radical (unpaired) electrons. The molecule has 0 aliphatic carbocycles. The standard InChI is InChI=1S/C20H18N4S/c1-15(23-24-20(25)22-19-8-5-13-21-14-19)16-9-11-18(12-10-16)17-6-3-2-4-7-17/h2-14H,1H3,(H2,22,24,25)/b23-15+. The molecule has 0 aliphatic rings. The molecule has 5 heteroatoms. The van der Waals surface area contributed by atoms with E-state index < -0.39 is 0 Å². The van der Waals surface area contributed by atoms with Gasteiger partial charge >= 0.3 is 0 Å². The Morgan fingerprint density at radius 3 is 2.32 bits per heavy atom. The lowest BCUT2D eigenvalue weighted by molar-refractivity contribution is 1.04. The lowest BCUT2D eigenvalue weighted by atomic mass is 10.0. The Morgan fingerprint density at radius 1 is 0.920 bits per heavy atom. The van der Waals surface area contributed by atoms with Crippen LogP contribution >= 0.6 is 12.2 Å². The molecule has 2 N–H and O–H groups in total. The second-order valence-electron chi connectivity index (χ2n) is 5.45. The van der Waals surface area contributed by atoms with Crippen molar-refractivity contribution in [1.82, 2.24) is 10.4 Å². The molecule has 0 unspecified atom stereocenters. The highest BCUT2D eigenvalue weighted by molar-refractivity contribution is 7.80. The van der Waals surface area contributed by atoms with E-state index in [0.29, 0.717) is 5.11 Å². The van der Waals surface area contributed by atoms with Crippen LogP contribution in [0.5, 0.6) is 0 Å². The van der Waals surface area contributed by atoms with Crippen LogP contribution in [0.2, 0.25) is 0 Å². The lowest BCUT2D eigenvalue weighted by Crippen LogP contribution is -2.25. The lowest BCUT2D eigenvalue weighted by Gasteiger charge is -2.08. The van der Waals surface area contributed by atoms with Gasteiger partial charge in [-0.3, -0.25) is 10.4 Å². The molecule has 124 valence electrons. The van der Waals surface area contributed by atoms with E-state index in [1.807, 2.05) is 37.3 Å². The minimum absolute atomic E-state index is 0.424. The molecule has 0 amide bonds. The van der Waals surface area contributed by atoms with Crippen molar-refractivity contribution >= 4 is 28.7 Å². The van der Waals surface area contributed by atoms with Crippen molar-refractivity contribution in [3.8, 4) is 11.1 Å². The summed E-state index contributed by atoms with van der Waals surface area (Å²) in [6, 6.07) is 22.3. The van der Waals surface area contributed by atoms with E-state index in [4.69, 9.17) is 12.2 Å². The number of hydrazone groups is 1. The second kappa shape index (κ2) is 8.17. The van der Waals surface area contributed by atoms with Gasteiger partial charge in [-0.2, -0.15) is 5.10 Å². The molecule has 0 saturated heterocycles. The number of thiocarbonyl (C=S) groups is 1. The highest BCUT2D eigenvalue weighted by Crippen LogP contribution is 2.19. The predicted octanol–water partition coefficient (Wildman–Crippen LogP) is 4.46. The van der Waals surface area contributed by atoms with E-state index in [1.54, 1.807) is 12.4 Å². The van der Waals surface area contributed by atoms with Gasteiger partial charge < -0.3 is 5.32 Å². The van der Waals surface area contributed by atoms with Crippen LogP contribution in [-0.4, -0.2) is 15.8 Å². The van der Waals surface area contributed by atoms with E-state index in [1.165, 1.54) is 11.1 Å². The summed E-state index contributed by atoms with van der Waals surface area (Å²) in [6.07, 6.45) is 3.41. The first kappa shape index (κ1) is 16.8. The Kier molecular flexibility index (Phi) is 5.49. The van der Waals surface area contributed by atoms with Crippen molar-refractivity contribution in [3.05, 3.63) is 84.7 Å². The molecule has 25 heavy (non-hydrogen) atoms. The van der Waals surface area contributed by atoms with E-state index in [2.05, 4.69) is 57.2 Å². The Morgan fingerprint density at radius 2 is 1.64 bits per heavy atom. The fraction of sp³-hybridized carbons (Fsp3) is 0.0500. The summed E-state index contributed by atoms with van der Waals surface area (Å²) in [5, 5.41) is 7.79. The first-order valence-corrected chi connectivity index (χ1v) is 8.30. The molecule has 0 bridgehead atoms. The molecule has 0 fully saturated rings. The molecule has 0 atom stereocenters. The van der Waals surface area contributed by atoms with Gasteiger partial charge in [0.1, 0.15) is 0 Å². The van der Waals surface area contributed by atoms with Gasteiger partial charge in [-0.1, -0.05) is 54.6 Å². The number of pyridine rings is 1. The number of hydrogen-bond donors (Lipinski definition) is 2. The molecule has 3 aromatic rings. The molecule has 4 nitrogen and oxygen atoms in total. The maximum atomic E-state index is 5.23. The molecule has 0 aliphatic heterocycles. The number of hydrogen-bond acceptors (Lipinski definition) is 3. The largest absolute Gasteiger partial charge is 0.330 e. The van der Waals surface area contributed by atoms with Crippen LogP contribution in [-0.2, 0) is 0 Å². The Hall–Kier alpha value is -3.05. The normalized spacial score (nSPS) is 11.0. The molecule has 1 aromatic heterocycles. The maximum absolute atomic E-state index is 5.23. The van der Waals surface area contributed by atoms with Crippen molar-refractivity contribution < 1.29 is 0 Å².